The average molecular weight is 331 g/mol. The Morgan fingerprint density at radius 1 is 1.27 bits per heavy atom. The SMILES string of the molecule is CC(C)(C)OC(=O)C(NNC(N)=S)C1CCC(C(=O)O)CC1. The lowest BCUT2D eigenvalue weighted by Gasteiger charge is -2.33. The summed E-state index contributed by atoms with van der Waals surface area (Å²) in [5.41, 5.74) is 10.2. The molecule has 1 atom stereocenters. The summed E-state index contributed by atoms with van der Waals surface area (Å²) in [6.45, 7) is 5.39. The summed E-state index contributed by atoms with van der Waals surface area (Å²) in [6, 6.07) is -0.615. The number of thiocarbonyl (C=S) groups is 1. The van der Waals surface area contributed by atoms with Crippen LogP contribution in [0.2, 0.25) is 0 Å². The molecule has 126 valence electrons. The van der Waals surface area contributed by atoms with Crippen LogP contribution in [0.4, 0.5) is 0 Å². The molecule has 22 heavy (non-hydrogen) atoms. The van der Waals surface area contributed by atoms with Gasteiger partial charge < -0.3 is 15.6 Å². The van der Waals surface area contributed by atoms with Crippen LogP contribution >= 0.6 is 12.2 Å². The van der Waals surface area contributed by atoms with Crippen molar-refractivity contribution in [3.05, 3.63) is 0 Å². The normalized spacial score (nSPS) is 23.4. The lowest BCUT2D eigenvalue weighted by Crippen LogP contribution is -2.55. The second-order valence-corrected chi connectivity index (χ2v) is 7.03. The summed E-state index contributed by atoms with van der Waals surface area (Å²) in [5.74, 6) is -1.53. The molecule has 0 aromatic carbocycles. The van der Waals surface area contributed by atoms with Crippen LogP contribution in [0.15, 0.2) is 0 Å². The van der Waals surface area contributed by atoms with Crippen molar-refractivity contribution < 1.29 is 19.4 Å². The van der Waals surface area contributed by atoms with Crippen LogP contribution in [0.25, 0.3) is 0 Å². The maximum Gasteiger partial charge on any atom is 0.325 e. The van der Waals surface area contributed by atoms with Crippen molar-refractivity contribution >= 4 is 29.3 Å². The van der Waals surface area contributed by atoms with Gasteiger partial charge >= 0.3 is 11.9 Å². The molecule has 0 radical (unpaired) electrons. The molecule has 0 heterocycles. The first-order chi connectivity index (χ1) is 10.1. The number of ether oxygens (including phenoxy) is 1. The van der Waals surface area contributed by atoms with E-state index in [9.17, 15) is 9.59 Å². The Kier molecular flexibility index (Phi) is 6.55. The van der Waals surface area contributed by atoms with E-state index in [2.05, 4.69) is 10.9 Å². The van der Waals surface area contributed by atoms with Crippen molar-refractivity contribution in [2.24, 2.45) is 17.6 Å². The van der Waals surface area contributed by atoms with E-state index in [0.29, 0.717) is 25.7 Å². The van der Waals surface area contributed by atoms with Crippen LogP contribution in [0.1, 0.15) is 46.5 Å². The number of carbonyl (C=O) groups is 2. The van der Waals surface area contributed by atoms with Crippen molar-refractivity contribution in [3.63, 3.8) is 0 Å². The standard InChI is InChI=1S/C14H25N3O4S/c1-14(2,3)21-12(20)10(16-17-13(15)22)8-4-6-9(7-5-8)11(18)19/h8-10,16H,4-7H2,1-3H3,(H,18,19)(H3,15,17,22). The van der Waals surface area contributed by atoms with E-state index in [1.807, 2.05) is 0 Å². The van der Waals surface area contributed by atoms with Gasteiger partial charge in [0.25, 0.3) is 0 Å². The third kappa shape index (κ3) is 6.15. The highest BCUT2D eigenvalue weighted by molar-refractivity contribution is 7.80. The highest BCUT2D eigenvalue weighted by atomic mass is 32.1. The first-order valence-electron chi connectivity index (χ1n) is 7.37. The zero-order valence-electron chi connectivity index (χ0n) is 13.2. The van der Waals surface area contributed by atoms with E-state index in [1.54, 1.807) is 20.8 Å². The topological polar surface area (TPSA) is 114 Å². The van der Waals surface area contributed by atoms with Crippen LogP contribution in [-0.2, 0) is 14.3 Å². The number of aliphatic carboxylic acids is 1. The Balaban J connectivity index is 2.71. The fraction of sp³-hybridized carbons (Fsp3) is 0.786. The molecule has 0 amide bonds. The van der Waals surface area contributed by atoms with Gasteiger partial charge in [0.2, 0.25) is 0 Å². The number of esters is 1. The summed E-state index contributed by atoms with van der Waals surface area (Å²) in [7, 11) is 0. The van der Waals surface area contributed by atoms with E-state index in [0.717, 1.165) is 0 Å². The van der Waals surface area contributed by atoms with E-state index < -0.39 is 23.6 Å². The minimum atomic E-state index is -0.776. The number of nitrogens with two attached hydrogens (primary N) is 1. The molecule has 1 saturated carbocycles. The summed E-state index contributed by atoms with van der Waals surface area (Å²) in [4.78, 5) is 23.4. The van der Waals surface area contributed by atoms with Gasteiger partial charge in [-0.25, -0.2) is 5.43 Å². The number of rotatable bonds is 5. The van der Waals surface area contributed by atoms with Crippen LogP contribution in [0, 0.1) is 11.8 Å². The minimum Gasteiger partial charge on any atom is -0.481 e. The van der Waals surface area contributed by atoms with Crippen LogP contribution in [-0.4, -0.2) is 33.8 Å². The highest BCUT2D eigenvalue weighted by Crippen LogP contribution is 2.31. The van der Waals surface area contributed by atoms with E-state index >= 15 is 0 Å². The summed E-state index contributed by atoms with van der Waals surface area (Å²) < 4.78 is 5.42. The average Bonchev–Trinajstić information content (AvgIpc) is 2.37. The molecule has 0 aliphatic heterocycles. The number of hydrogen-bond donors (Lipinski definition) is 4. The summed E-state index contributed by atoms with van der Waals surface area (Å²) >= 11 is 4.74. The van der Waals surface area contributed by atoms with Gasteiger partial charge in [0.15, 0.2) is 5.11 Å². The Labute approximate surface area is 135 Å². The molecule has 1 rings (SSSR count). The summed E-state index contributed by atoms with van der Waals surface area (Å²) in [5, 5.41) is 9.08. The molecule has 8 heteroatoms. The lowest BCUT2D eigenvalue weighted by molar-refractivity contribution is -0.159. The third-order valence-corrected chi connectivity index (χ3v) is 3.71. The maximum absolute atomic E-state index is 12.4. The van der Waals surface area contributed by atoms with Crippen LogP contribution < -0.4 is 16.6 Å². The van der Waals surface area contributed by atoms with Crippen molar-refractivity contribution in [2.75, 3.05) is 0 Å². The smallest absolute Gasteiger partial charge is 0.325 e. The fourth-order valence-corrected chi connectivity index (χ4v) is 2.64. The van der Waals surface area contributed by atoms with Gasteiger partial charge in [-0.05, 0) is 64.6 Å². The monoisotopic (exact) mass is 331 g/mol. The molecule has 5 N–H and O–H groups in total. The zero-order chi connectivity index (χ0) is 16.9. The Hall–Kier alpha value is -1.41. The molecular formula is C14H25N3O4S. The number of nitrogens with one attached hydrogen (secondary N) is 2. The fourth-order valence-electron chi connectivity index (χ4n) is 2.58. The largest absolute Gasteiger partial charge is 0.481 e. The van der Waals surface area contributed by atoms with Crippen molar-refractivity contribution in [2.45, 2.75) is 58.1 Å². The molecule has 1 aliphatic rings. The van der Waals surface area contributed by atoms with Gasteiger partial charge in [0.1, 0.15) is 11.6 Å². The maximum atomic E-state index is 12.4. The van der Waals surface area contributed by atoms with E-state index in [4.69, 9.17) is 27.8 Å². The first-order valence-corrected chi connectivity index (χ1v) is 7.77. The zero-order valence-corrected chi connectivity index (χ0v) is 14.0. The molecule has 0 aromatic rings. The van der Waals surface area contributed by atoms with Crippen LogP contribution in [0.5, 0.6) is 0 Å². The van der Waals surface area contributed by atoms with Crippen molar-refractivity contribution in [1.82, 2.24) is 10.9 Å². The first kappa shape index (κ1) is 18.6. The van der Waals surface area contributed by atoms with Crippen molar-refractivity contribution in [3.8, 4) is 0 Å². The number of hydrogen-bond acceptors (Lipinski definition) is 5. The molecule has 1 aliphatic carbocycles. The van der Waals surface area contributed by atoms with Gasteiger partial charge in [-0.2, -0.15) is 0 Å². The van der Waals surface area contributed by atoms with E-state index in [-0.39, 0.29) is 16.9 Å². The molecule has 0 spiro atoms. The number of carboxylic acids is 1. The molecule has 0 saturated heterocycles. The molecule has 1 fully saturated rings. The predicted molar refractivity (Wildman–Crippen MR) is 85.8 cm³/mol. The van der Waals surface area contributed by atoms with Gasteiger partial charge in [-0.1, -0.05) is 0 Å². The Morgan fingerprint density at radius 3 is 2.23 bits per heavy atom. The predicted octanol–water partition coefficient (Wildman–Crippen LogP) is 0.926. The Morgan fingerprint density at radius 2 is 1.82 bits per heavy atom. The number of carbonyl (C=O) groups excluding carboxylic acids is 1. The van der Waals surface area contributed by atoms with Gasteiger partial charge in [-0.3, -0.25) is 15.0 Å². The van der Waals surface area contributed by atoms with Gasteiger partial charge in [0.05, 0.1) is 5.92 Å². The quantitative estimate of drug-likeness (QED) is 0.334. The van der Waals surface area contributed by atoms with Crippen molar-refractivity contribution in [1.29, 1.82) is 0 Å². The van der Waals surface area contributed by atoms with Gasteiger partial charge in [0, 0.05) is 0 Å². The number of hydrazine groups is 1. The second kappa shape index (κ2) is 7.73. The molecule has 0 aromatic heterocycles. The minimum absolute atomic E-state index is 0.0210. The highest BCUT2D eigenvalue weighted by Gasteiger charge is 2.36. The molecular weight excluding hydrogens is 306 g/mol. The molecule has 7 nitrogen and oxygen atoms in total. The molecule has 0 bridgehead atoms. The van der Waals surface area contributed by atoms with E-state index in [1.165, 1.54) is 0 Å². The third-order valence-electron chi connectivity index (χ3n) is 3.60. The number of carboxylic acid groups (broad SMARTS) is 1. The summed E-state index contributed by atoms with van der Waals surface area (Å²) in [6.07, 6.45) is 2.36. The Bertz CT molecular complexity index is 428. The molecule has 1 unspecified atom stereocenters. The lowest BCUT2D eigenvalue weighted by atomic mass is 9.78. The second-order valence-electron chi connectivity index (χ2n) is 6.59. The van der Waals surface area contributed by atoms with Crippen LogP contribution in [0.3, 0.4) is 0 Å². The van der Waals surface area contributed by atoms with Gasteiger partial charge in [-0.15, -0.1) is 0 Å².